The van der Waals surface area contributed by atoms with Crippen LogP contribution in [0.4, 0.5) is 0 Å². The van der Waals surface area contributed by atoms with Gasteiger partial charge in [-0.1, -0.05) is 13.8 Å². The zero-order valence-corrected chi connectivity index (χ0v) is 9.36. The summed E-state index contributed by atoms with van der Waals surface area (Å²) in [7, 11) is 1.91. The van der Waals surface area contributed by atoms with Gasteiger partial charge in [0.05, 0.1) is 6.04 Å². The van der Waals surface area contributed by atoms with Gasteiger partial charge in [-0.3, -0.25) is 0 Å². The zero-order valence-electron chi connectivity index (χ0n) is 9.36. The smallest absolute Gasteiger partial charge is 0.167 e. The minimum absolute atomic E-state index is 0.206. The Balaban J connectivity index is 2.62. The predicted octanol–water partition coefficient (Wildman–Crippen LogP) is 1.000. The van der Waals surface area contributed by atoms with E-state index in [2.05, 4.69) is 41.6 Å². The van der Waals surface area contributed by atoms with Crippen LogP contribution in [0.15, 0.2) is 0 Å². The van der Waals surface area contributed by atoms with Gasteiger partial charge in [0.25, 0.3) is 0 Å². The van der Waals surface area contributed by atoms with Gasteiger partial charge in [0.1, 0.15) is 0 Å². The molecule has 1 unspecified atom stereocenters. The molecule has 1 aromatic heterocycles. The predicted molar refractivity (Wildman–Crippen MR) is 54.7 cm³/mol. The molecule has 0 aliphatic rings. The van der Waals surface area contributed by atoms with Crippen LogP contribution in [0.2, 0.25) is 0 Å². The fraction of sp³-hybridized carbons (Fsp3) is 0.889. The van der Waals surface area contributed by atoms with Crippen LogP contribution in [0.3, 0.4) is 0 Å². The Morgan fingerprint density at radius 1 is 1.36 bits per heavy atom. The van der Waals surface area contributed by atoms with Gasteiger partial charge in [-0.15, -0.1) is 5.10 Å². The quantitative estimate of drug-likeness (QED) is 0.765. The first kappa shape index (κ1) is 11.1. The lowest BCUT2D eigenvalue weighted by atomic mass is 10.1. The normalized spacial score (nSPS) is 13.5. The van der Waals surface area contributed by atoms with E-state index < -0.39 is 0 Å². The van der Waals surface area contributed by atoms with E-state index in [1.165, 1.54) is 0 Å². The second kappa shape index (κ2) is 5.05. The van der Waals surface area contributed by atoms with Gasteiger partial charge in [0, 0.05) is 6.54 Å². The van der Waals surface area contributed by atoms with E-state index in [1.807, 2.05) is 11.7 Å². The largest absolute Gasteiger partial charge is 0.311 e. The highest BCUT2D eigenvalue weighted by Gasteiger charge is 2.12. The van der Waals surface area contributed by atoms with Crippen LogP contribution in [0, 0.1) is 5.92 Å². The molecule has 5 heteroatoms. The van der Waals surface area contributed by atoms with E-state index >= 15 is 0 Å². The lowest BCUT2D eigenvalue weighted by molar-refractivity contribution is 0.449. The van der Waals surface area contributed by atoms with E-state index in [-0.39, 0.29) is 6.04 Å². The highest BCUT2D eigenvalue weighted by Crippen LogP contribution is 2.08. The summed E-state index contributed by atoms with van der Waals surface area (Å²) in [6.07, 6.45) is 1.11. The highest BCUT2D eigenvalue weighted by atomic mass is 15.5. The van der Waals surface area contributed by atoms with Crippen LogP contribution in [0.1, 0.15) is 39.1 Å². The molecule has 5 nitrogen and oxygen atoms in total. The number of hydrogen-bond acceptors (Lipinski definition) is 4. The molecule has 0 aliphatic heterocycles. The number of tetrazole rings is 1. The van der Waals surface area contributed by atoms with Crippen LogP contribution in [0.5, 0.6) is 0 Å². The molecule has 0 aromatic carbocycles. The van der Waals surface area contributed by atoms with E-state index in [1.54, 1.807) is 0 Å². The van der Waals surface area contributed by atoms with Crippen molar-refractivity contribution in [3.63, 3.8) is 0 Å². The van der Waals surface area contributed by atoms with Crippen molar-refractivity contribution in [3.05, 3.63) is 5.82 Å². The Kier molecular flexibility index (Phi) is 4.00. The zero-order chi connectivity index (χ0) is 10.6. The number of aryl methyl sites for hydroxylation is 1. The summed E-state index contributed by atoms with van der Waals surface area (Å²) < 4.78 is 1.88. The van der Waals surface area contributed by atoms with Crippen molar-refractivity contribution >= 4 is 0 Å². The maximum Gasteiger partial charge on any atom is 0.167 e. The molecule has 0 saturated carbocycles. The van der Waals surface area contributed by atoms with E-state index in [0.29, 0.717) is 5.92 Å². The first-order valence-electron chi connectivity index (χ1n) is 5.08. The summed E-state index contributed by atoms with van der Waals surface area (Å²) in [6.45, 7) is 7.35. The van der Waals surface area contributed by atoms with Crippen molar-refractivity contribution in [1.82, 2.24) is 25.5 Å². The van der Waals surface area contributed by atoms with Crippen LogP contribution in [-0.2, 0) is 6.54 Å². The second-order valence-electron chi connectivity index (χ2n) is 3.95. The minimum Gasteiger partial charge on any atom is -0.311 e. The summed E-state index contributed by atoms with van der Waals surface area (Å²) in [5.41, 5.74) is 0. The molecule has 1 N–H and O–H groups in total. The Hall–Kier alpha value is -0.970. The Morgan fingerprint density at radius 2 is 2.07 bits per heavy atom. The lowest BCUT2D eigenvalue weighted by Crippen LogP contribution is -2.19. The van der Waals surface area contributed by atoms with Crippen LogP contribution in [-0.4, -0.2) is 27.3 Å². The average molecular weight is 197 g/mol. The van der Waals surface area contributed by atoms with Gasteiger partial charge < -0.3 is 5.32 Å². The Bertz CT molecular complexity index is 268. The Morgan fingerprint density at radius 3 is 2.64 bits per heavy atom. The van der Waals surface area contributed by atoms with Gasteiger partial charge >= 0.3 is 0 Å². The number of aromatic nitrogens is 4. The number of nitrogens with zero attached hydrogens (tertiary/aromatic N) is 4. The lowest BCUT2D eigenvalue weighted by Gasteiger charge is -2.10. The minimum atomic E-state index is 0.206. The monoisotopic (exact) mass is 197 g/mol. The van der Waals surface area contributed by atoms with E-state index in [0.717, 1.165) is 18.8 Å². The summed E-state index contributed by atoms with van der Waals surface area (Å²) in [5, 5.41) is 14.8. The van der Waals surface area contributed by atoms with Crippen molar-refractivity contribution < 1.29 is 0 Å². The molecule has 14 heavy (non-hydrogen) atoms. The molecule has 1 aromatic rings. The fourth-order valence-electron chi connectivity index (χ4n) is 1.19. The number of rotatable bonds is 5. The first-order valence-corrected chi connectivity index (χ1v) is 5.08. The first-order chi connectivity index (χ1) is 6.65. The van der Waals surface area contributed by atoms with Crippen LogP contribution in [0.25, 0.3) is 0 Å². The Labute approximate surface area is 84.9 Å². The third-order valence-corrected chi connectivity index (χ3v) is 2.30. The van der Waals surface area contributed by atoms with Crippen LogP contribution >= 0.6 is 0 Å². The van der Waals surface area contributed by atoms with Gasteiger partial charge in [-0.2, -0.15) is 0 Å². The molecule has 0 fully saturated rings. The summed E-state index contributed by atoms with van der Waals surface area (Å²) in [4.78, 5) is 0. The molecule has 0 radical (unpaired) electrons. The van der Waals surface area contributed by atoms with Crippen LogP contribution < -0.4 is 5.32 Å². The average Bonchev–Trinajstić information content (AvgIpc) is 2.61. The van der Waals surface area contributed by atoms with Gasteiger partial charge in [-0.05, 0) is 36.7 Å². The summed E-state index contributed by atoms with van der Waals surface area (Å²) >= 11 is 0. The van der Waals surface area contributed by atoms with Gasteiger partial charge in [0.15, 0.2) is 5.82 Å². The molecule has 1 rings (SSSR count). The van der Waals surface area contributed by atoms with E-state index in [4.69, 9.17) is 0 Å². The SMILES string of the molecule is CNC(C)c1nnnn1CCC(C)C. The molecule has 0 spiro atoms. The summed E-state index contributed by atoms with van der Waals surface area (Å²) in [6, 6.07) is 0.206. The third kappa shape index (κ3) is 2.77. The van der Waals surface area contributed by atoms with Gasteiger partial charge in [0.2, 0.25) is 0 Å². The highest BCUT2D eigenvalue weighted by molar-refractivity contribution is 4.88. The standard InChI is InChI=1S/C9H19N5/c1-7(2)5-6-14-9(8(3)10-4)11-12-13-14/h7-8,10H,5-6H2,1-4H3. The van der Waals surface area contributed by atoms with E-state index in [9.17, 15) is 0 Å². The van der Waals surface area contributed by atoms with Crippen molar-refractivity contribution in [2.45, 2.75) is 39.8 Å². The maximum atomic E-state index is 4.00. The second-order valence-corrected chi connectivity index (χ2v) is 3.95. The van der Waals surface area contributed by atoms with Crippen molar-refractivity contribution in [1.29, 1.82) is 0 Å². The maximum absolute atomic E-state index is 4.00. The molecule has 0 saturated heterocycles. The molecular formula is C9H19N5. The van der Waals surface area contributed by atoms with Gasteiger partial charge in [-0.25, -0.2) is 4.68 Å². The van der Waals surface area contributed by atoms with Crippen molar-refractivity contribution in [2.75, 3.05) is 7.05 Å². The molecule has 0 aliphatic carbocycles. The van der Waals surface area contributed by atoms with Crippen molar-refractivity contribution in [2.24, 2.45) is 5.92 Å². The van der Waals surface area contributed by atoms with Crippen molar-refractivity contribution in [3.8, 4) is 0 Å². The fourth-order valence-corrected chi connectivity index (χ4v) is 1.19. The topological polar surface area (TPSA) is 55.6 Å². The number of nitrogens with one attached hydrogen (secondary N) is 1. The molecule has 1 atom stereocenters. The molecule has 0 amide bonds. The molecular weight excluding hydrogens is 178 g/mol. The molecule has 1 heterocycles. The summed E-state index contributed by atoms with van der Waals surface area (Å²) in [5.74, 6) is 1.59. The molecule has 80 valence electrons. The third-order valence-electron chi connectivity index (χ3n) is 2.30. The number of hydrogen-bond donors (Lipinski definition) is 1. The molecule has 0 bridgehead atoms.